The summed E-state index contributed by atoms with van der Waals surface area (Å²) in [6.45, 7) is 15.7. The first-order valence-electron chi connectivity index (χ1n) is 11.7. The average Bonchev–Trinajstić information content (AvgIpc) is 2.80. The van der Waals surface area contributed by atoms with E-state index in [0.717, 1.165) is 42.1 Å². The SMILES string of the molecule is CC.CCN1CCC(C2=CN(C(=O)/C=C(\C)c3ccc(OC)c(C)c3)C(C)C=C2)CC1. The number of carbonyl (C=O) groups excluding carboxylic acids is 1. The Balaban J connectivity index is 0.00000166. The Hall–Kier alpha value is -2.33. The Bertz CT molecular complexity index is 830. The zero-order chi connectivity index (χ0) is 23.0. The lowest BCUT2D eigenvalue weighted by atomic mass is 9.87. The van der Waals surface area contributed by atoms with Crippen LogP contribution in [0.3, 0.4) is 0 Å². The van der Waals surface area contributed by atoms with Crippen molar-refractivity contribution in [3.8, 4) is 5.75 Å². The number of aryl methyl sites for hydroxylation is 1. The van der Waals surface area contributed by atoms with E-state index in [1.807, 2.05) is 44.7 Å². The lowest BCUT2D eigenvalue weighted by Gasteiger charge is -2.34. The van der Waals surface area contributed by atoms with E-state index in [-0.39, 0.29) is 11.9 Å². The third kappa shape index (κ3) is 6.33. The predicted molar refractivity (Wildman–Crippen MR) is 131 cm³/mol. The number of methoxy groups -OCH3 is 1. The van der Waals surface area contributed by atoms with Gasteiger partial charge in [0.05, 0.1) is 13.2 Å². The molecule has 0 radical (unpaired) electrons. The van der Waals surface area contributed by atoms with Crippen molar-refractivity contribution in [3.63, 3.8) is 0 Å². The summed E-state index contributed by atoms with van der Waals surface area (Å²) in [4.78, 5) is 17.4. The van der Waals surface area contributed by atoms with Crippen molar-refractivity contribution in [1.29, 1.82) is 0 Å². The molecule has 0 saturated carbocycles. The summed E-state index contributed by atoms with van der Waals surface area (Å²) < 4.78 is 5.34. The Morgan fingerprint density at radius 3 is 2.48 bits per heavy atom. The normalized spacial score (nSPS) is 20.1. The number of amides is 1. The van der Waals surface area contributed by atoms with Gasteiger partial charge in [0.1, 0.15) is 5.75 Å². The molecule has 0 N–H and O–H groups in total. The highest BCUT2D eigenvalue weighted by atomic mass is 16.5. The number of rotatable bonds is 5. The highest BCUT2D eigenvalue weighted by Gasteiger charge is 2.25. The van der Waals surface area contributed by atoms with E-state index in [2.05, 4.69) is 43.2 Å². The van der Waals surface area contributed by atoms with Gasteiger partial charge in [-0.2, -0.15) is 0 Å². The number of hydrogen-bond donors (Lipinski definition) is 0. The maximum absolute atomic E-state index is 13.1. The van der Waals surface area contributed by atoms with E-state index < -0.39 is 0 Å². The number of piperidine rings is 1. The van der Waals surface area contributed by atoms with Gasteiger partial charge in [-0.1, -0.05) is 39.0 Å². The fourth-order valence-electron chi connectivity index (χ4n) is 4.22. The minimum absolute atomic E-state index is 0.0383. The van der Waals surface area contributed by atoms with Crippen molar-refractivity contribution in [3.05, 3.63) is 59.3 Å². The first kappa shape index (κ1) is 24.9. The van der Waals surface area contributed by atoms with Crippen molar-refractivity contribution in [2.24, 2.45) is 5.92 Å². The van der Waals surface area contributed by atoms with Crippen LogP contribution in [0.2, 0.25) is 0 Å². The van der Waals surface area contributed by atoms with Gasteiger partial charge in [0.25, 0.3) is 5.91 Å². The summed E-state index contributed by atoms with van der Waals surface area (Å²) in [5, 5.41) is 0. The van der Waals surface area contributed by atoms with Crippen LogP contribution in [-0.2, 0) is 4.79 Å². The fourth-order valence-corrected chi connectivity index (χ4v) is 4.22. The molecule has 3 rings (SSSR count). The summed E-state index contributed by atoms with van der Waals surface area (Å²) in [6, 6.07) is 6.11. The zero-order valence-corrected chi connectivity index (χ0v) is 20.4. The lowest BCUT2D eigenvalue weighted by Crippen LogP contribution is -2.37. The summed E-state index contributed by atoms with van der Waals surface area (Å²) in [5.74, 6) is 1.45. The molecule has 1 fully saturated rings. The number of allylic oxidation sites excluding steroid dienone is 3. The number of carbonyl (C=O) groups is 1. The molecule has 0 spiro atoms. The van der Waals surface area contributed by atoms with E-state index in [1.165, 1.54) is 18.4 Å². The molecule has 170 valence electrons. The molecule has 1 amide bonds. The molecule has 4 heteroatoms. The summed E-state index contributed by atoms with van der Waals surface area (Å²) in [5.41, 5.74) is 4.38. The van der Waals surface area contributed by atoms with E-state index in [4.69, 9.17) is 4.74 Å². The molecule has 2 aliphatic heterocycles. The molecule has 1 aromatic rings. The van der Waals surface area contributed by atoms with Crippen LogP contribution in [0.1, 0.15) is 58.6 Å². The van der Waals surface area contributed by atoms with Crippen molar-refractivity contribution < 1.29 is 9.53 Å². The van der Waals surface area contributed by atoms with E-state index in [0.29, 0.717) is 5.92 Å². The van der Waals surface area contributed by atoms with Gasteiger partial charge in [0.2, 0.25) is 0 Å². The molecule has 1 unspecified atom stereocenters. The fraction of sp³-hybridized carbons (Fsp3) is 0.519. The highest BCUT2D eigenvalue weighted by Crippen LogP contribution is 2.29. The van der Waals surface area contributed by atoms with Crippen molar-refractivity contribution in [2.45, 2.75) is 60.4 Å². The first-order valence-corrected chi connectivity index (χ1v) is 11.7. The Morgan fingerprint density at radius 1 is 1.23 bits per heavy atom. The molecule has 0 aromatic heterocycles. The van der Waals surface area contributed by atoms with Gasteiger partial charge in [-0.15, -0.1) is 0 Å². The third-order valence-corrected chi connectivity index (χ3v) is 6.24. The Labute approximate surface area is 189 Å². The van der Waals surface area contributed by atoms with Crippen LogP contribution in [-0.4, -0.2) is 48.5 Å². The third-order valence-electron chi connectivity index (χ3n) is 6.24. The van der Waals surface area contributed by atoms with Gasteiger partial charge in [-0.3, -0.25) is 4.79 Å². The molecule has 1 saturated heterocycles. The lowest BCUT2D eigenvalue weighted by molar-refractivity contribution is -0.124. The van der Waals surface area contributed by atoms with Crippen LogP contribution < -0.4 is 4.74 Å². The molecule has 1 atom stereocenters. The van der Waals surface area contributed by atoms with Crippen molar-refractivity contribution >= 4 is 11.5 Å². The molecule has 0 bridgehead atoms. The van der Waals surface area contributed by atoms with Gasteiger partial charge in [-0.05, 0) is 93.6 Å². The zero-order valence-electron chi connectivity index (χ0n) is 20.4. The number of hydrogen-bond acceptors (Lipinski definition) is 3. The highest BCUT2D eigenvalue weighted by molar-refractivity contribution is 5.96. The molecule has 2 heterocycles. The van der Waals surface area contributed by atoms with E-state index in [1.54, 1.807) is 13.2 Å². The maximum Gasteiger partial charge on any atom is 0.251 e. The molecular weight excluding hydrogens is 384 g/mol. The second-order valence-corrected chi connectivity index (χ2v) is 8.19. The number of nitrogens with zero attached hydrogens (tertiary/aromatic N) is 2. The molecule has 0 aliphatic carbocycles. The van der Waals surface area contributed by atoms with Gasteiger partial charge < -0.3 is 14.5 Å². The van der Waals surface area contributed by atoms with Crippen LogP contribution in [0.4, 0.5) is 0 Å². The van der Waals surface area contributed by atoms with Crippen LogP contribution in [0.25, 0.3) is 5.57 Å². The first-order chi connectivity index (χ1) is 14.9. The Kier molecular flexibility index (Phi) is 9.57. The summed E-state index contributed by atoms with van der Waals surface area (Å²) in [7, 11) is 1.68. The van der Waals surface area contributed by atoms with Crippen LogP contribution >= 0.6 is 0 Å². The van der Waals surface area contributed by atoms with E-state index in [9.17, 15) is 4.79 Å². The maximum atomic E-state index is 13.1. The topological polar surface area (TPSA) is 32.8 Å². The van der Waals surface area contributed by atoms with E-state index >= 15 is 0 Å². The summed E-state index contributed by atoms with van der Waals surface area (Å²) >= 11 is 0. The van der Waals surface area contributed by atoms with Crippen LogP contribution in [0.15, 0.2) is 48.2 Å². The predicted octanol–water partition coefficient (Wildman–Crippen LogP) is 5.84. The average molecular weight is 425 g/mol. The number of benzene rings is 1. The van der Waals surface area contributed by atoms with Crippen molar-refractivity contribution in [2.75, 3.05) is 26.7 Å². The quantitative estimate of drug-likeness (QED) is 0.557. The van der Waals surface area contributed by atoms with Crippen molar-refractivity contribution in [1.82, 2.24) is 9.80 Å². The number of ether oxygens (including phenoxy) is 1. The molecule has 2 aliphatic rings. The Morgan fingerprint density at radius 2 is 1.90 bits per heavy atom. The minimum atomic E-state index is 0.0383. The monoisotopic (exact) mass is 424 g/mol. The van der Waals surface area contributed by atoms with Crippen LogP contribution in [0.5, 0.6) is 5.75 Å². The largest absolute Gasteiger partial charge is 0.496 e. The van der Waals surface area contributed by atoms with Gasteiger partial charge >= 0.3 is 0 Å². The van der Waals surface area contributed by atoms with Crippen LogP contribution in [0, 0.1) is 12.8 Å². The van der Waals surface area contributed by atoms with Gasteiger partial charge in [0.15, 0.2) is 0 Å². The van der Waals surface area contributed by atoms with Gasteiger partial charge in [0, 0.05) is 12.3 Å². The summed E-state index contributed by atoms with van der Waals surface area (Å²) in [6.07, 6.45) is 10.6. The smallest absolute Gasteiger partial charge is 0.251 e. The molecular formula is C27H40N2O2. The minimum Gasteiger partial charge on any atom is -0.496 e. The molecule has 4 nitrogen and oxygen atoms in total. The number of likely N-dealkylation sites (tertiary alicyclic amines) is 1. The standard InChI is InChI=1S/C25H34N2O2.C2H6/c1-6-26-13-11-21(12-14-26)23-8-7-20(4)27(17-23)25(28)16-18(2)22-9-10-24(29-5)19(3)15-22;1-2/h7-10,15-17,20-21H,6,11-14H2,1-5H3;1-2H3/b18-16+;. The molecule has 1 aromatic carbocycles. The second kappa shape index (κ2) is 11.9. The molecule has 31 heavy (non-hydrogen) atoms. The van der Waals surface area contributed by atoms with Gasteiger partial charge in [-0.25, -0.2) is 0 Å². The second-order valence-electron chi connectivity index (χ2n) is 8.19.